The highest BCUT2D eigenvalue weighted by Crippen LogP contribution is 2.37. The van der Waals surface area contributed by atoms with Crippen molar-refractivity contribution in [1.82, 2.24) is 0 Å². The maximum Gasteiger partial charge on any atom is 0.418 e. The summed E-state index contributed by atoms with van der Waals surface area (Å²) in [4.78, 5) is 11.3. The van der Waals surface area contributed by atoms with E-state index >= 15 is 0 Å². The minimum absolute atomic E-state index is 0.130. The van der Waals surface area contributed by atoms with E-state index in [9.17, 15) is 18.0 Å². The van der Waals surface area contributed by atoms with Gasteiger partial charge in [0.1, 0.15) is 0 Å². The lowest BCUT2D eigenvalue weighted by Crippen LogP contribution is -2.28. The van der Waals surface area contributed by atoms with Gasteiger partial charge in [-0.2, -0.15) is 13.2 Å². The van der Waals surface area contributed by atoms with Crippen LogP contribution < -0.4 is 5.32 Å². The second-order valence-electron chi connectivity index (χ2n) is 3.14. The molecule has 0 aliphatic rings. The van der Waals surface area contributed by atoms with Crippen LogP contribution in [0.1, 0.15) is 5.56 Å². The number of nitrogens with one attached hydrogen (secondary N) is 1. The maximum atomic E-state index is 12.7. The van der Waals surface area contributed by atoms with Gasteiger partial charge in [0.2, 0.25) is 0 Å². The van der Waals surface area contributed by atoms with Crippen molar-refractivity contribution in [3.8, 4) is 0 Å². The summed E-state index contributed by atoms with van der Waals surface area (Å²) >= 11 is 21.2. The molecule has 1 N–H and O–H groups in total. The fourth-order valence-corrected chi connectivity index (χ4v) is 1.37. The van der Waals surface area contributed by atoms with E-state index in [4.69, 9.17) is 46.4 Å². The number of rotatable bonds is 1. The first-order chi connectivity index (χ1) is 8.01. The molecule has 0 atom stereocenters. The van der Waals surface area contributed by atoms with Gasteiger partial charge in [-0.25, -0.2) is 0 Å². The van der Waals surface area contributed by atoms with Gasteiger partial charge in [-0.1, -0.05) is 46.4 Å². The van der Waals surface area contributed by atoms with Gasteiger partial charge in [0, 0.05) is 5.02 Å². The molecule has 100 valence electrons. The lowest BCUT2D eigenvalue weighted by Gasteiger charge is -2.16. The van der Waals surface area contributed by atoms with Crippen LogP contribution in [0.3, 0.4) is 0 Å². The molecular weight excluding hydrogens is 337 g/mol. The van der Waals surface area contributed by atoms with Gasteiger partial charge in [-0.15, -0.1) is 0 Å². The molecule has 0 aromatic heterocycles. The van der Waals surface area contributed by atoms with Crippen LogP contribution in [0.25, 0.3) is 0 Å². The van der Waals surface area contributed by atoms with Crippen LogP contribution in [-0.4, -0.2) is 9.70 Å². The van der Waals surface area contributed by atoms with Crippen molar-refractivity contribution in [3.63, 3.8) is 0 Å². The van der Waals surface area contributed by atoms with Gasteiger partial charge in [0.05, 0.1) is 11.3 Å². The van der Waals surface area contributed by atoms with E-state index in [1.807, 2.05) is 5.32 Å². The highest BCUT2D eigenvalue weighted by Gasteiger charge is 2.36. The number of amides is 1. The fraction of sp³-hybridized carbons (Fsp3) is 0.222. The van der Waals surface area contributed by atoms with E-state index < -0.39 is 27.1 Å². The number of halogens is 7. The molecule has 1 amide bonds. The molecule has 0 bridgehead atoms. The quantitative estimate of drug-likeness (QED) is 0.740. The van der Waals surface area contributed by atoms with Crippen LogP contribution in [0.4, 0.5) is 18.9 Å². The lowest BCUT2D eigenvalue weighted by atomic mass is 10.1. The third kappa shape index (κ3) is 4.09. The Bertz CT molecular complexity index is 470. The Kier molecular flexibility index (Phi) is 4.65. The normalized spacial score (nSPS) is 12.4. The van der Waals surface area contributed by atoms with E-state index in [1.54, 1.807) is 0 Å². The molecule has 1 aromatic rings. The predicted molar refractivity (Wildman–Crippen MR) is 65.4 cm³/mol. The van der Waals surface area contributed by atoms with E-state index in [2.05, 4.69) is 0 Å². The Morgan fingerprint density at radius 2 is 1.72 bits per heavy atom. The summed E-state index contributed by atoms with van der Waals surface area (Å²) in [5.74, 6) is -1.19. The predicted octanol–water partition coefficient (Wildman–Crippen LogP) is 4.67. The molecule has 0 heterocycles. The first kappa shape index (κ1) is 15.7. The van der Waals surface area contributed by atoms with E-state index in [-0.39, 0.29) is 5.02 Å². The average Bonchev–Trinajstić information content (AvgIpc) is 2.17. The second-order valence-corrected chi connectivity index (χ2v) is 5.86. The largest absolute Gasteiger partial charge is 0.418 e. The van der Waals surface area contributed by atoms with Crippen molar-refractivity contribution in [3.05, 3.63) is 28.8 Å². The molecule has 1 rings (SSSR count). The third-order valence-electron chi connectivity index (χ3n) is 1.79. The summed E-state index contributed by atoms with van der Waals surface area (Å²) in [6.45, 7) is 0. The Hall–Kier alpha value is -0.360. The number of carbonyl (C=O) groups is 1. The molecule has 0 saturated carbocycles. The average molecular weight is 341 g/mol. The highest BCUT2D eigenvalue weighted by atomic mass is 35.6. The highest BCUT2D eigenvalue weighted by molar-refractivity contribution is 6.76. The smallest absolute Gasteiger partial charge is 0.322 e. The monoisotopic (exact) mass is 339 g/mol. The number of benzene rings is 1. The van der Waals surface area contributed by atoms with Crippen molar-refractivity contribution in [2.24, 2.45) is 0 Å². The number of carbonyl (C=O) groups excluding carboxylic acids is 1. The van der Waals surface area contributed by atoms with Crippen molar-refractivity contribution >= 4 is 58.0 Å². The van der Waals surface area contributed by atoms with Crippen molar-refractivity contribution in [2.75, 3.05) is 5.32 Å². The Balaban J connectivity index is 3.14. The van der Waals surface area contributed by atoms with Crippen LogP contribution >= 0.6 is 46.4 Å². The zero-order chi connectivity index (χ0) is 14.1. The second kappa shape index (κ2) is 5.33. The Morgan fingerprint density at radius 1 is 1.17 bits per heavy atom. The fourth-order valence-electron chi connectivity index (χ4n) is 1.05. The van der Waals surface area contributed by atoms with Gasteiger partial charge in [-0.3, -0.25) is 4.79 Å². The van der Waals surface area contributed by atoms with E-state index in [0.717, 1.165) is 6.07 Å². The lowest BCUT2D eigenvalue weighted by molar-refractivity contribution is -0.137. The number of anilines is 1. The van der Waals surface area contributed by atoms with Crippen molar-refractivity contribution in [1.29, 1.82) is 0 Å². The molecule has 0 aliphatic carbocycles. The summed E-state index contributed by atoms with van der Waals surface area (Å²) in [6, 6.07) is 2.81. The van der Waals surface area contributed by atoms with Crippen LogP contribution in [0.2, 0.25) is 5.02 Å². The summed E-state index contributed by atoms with van der Waals surface area (Å²) in [5, 5.41) is 1.74. The van der Waals surface area contributed by atoms with Crippen LogP contribution in [-0.2, 0) is 11.0 Å². The standard InChI is InChI=1S/C9H4Cl4F3NO/c10-4-1-2-6(5(3-4)9(14,15)16)17-7(18)8(11,12)13/h1-3H,(H,17,18). The van der Waals surface area contributed by atoms with E-state index in [0.29, 0.717) is 6.07 Å². The molecule has 0 radical (unpaired) electrons. The topological polar surface area (TPSA) is 29.1 Å². The summed E-state index contributed by atoms with van der Waals surface area (Å²) in [6.07, 6.45) is -4.69. The number of alkyl halides is 6. The molecule has 1 aromatic carbocycles. The minimum Gasteiger partial charge on any atom is -0.322 e. The molecule has 0 fully saturated rings. The van der Waals surface area contributed by atoms with Gasteiger partial charge < -0.3 is 5.32 Å². The molecule has 0 spiro atoms. The maximum absolute atomic E-state index is 12.7. The van der Waals surface area contributed by atoms with Crippen LogP contribution in [0.15, 0.2) is 18.2 Å². The van der Waals surface area contributed by atoms with Gasteiger partial charge in [0.15, 0.2) is 0 Å². The molecule has 18 heavy (non-hydrogen) atoms. The summed E-state index contributed by atoms with van der Waals surface area (Å²) in [7, 11) is 0. The molecule has 2 nitrogen and oxygen atoms in total. The summed E-state index contributed by atoms with van der Waals surface area (Å²) < 4.78 is 35.6. The molecule has 0 aliphatic heterocycles. The van der Waals surface area contributed by atoms with Gasteiger partial charge in [-0.05, 0) is 18.2 Å². The SMILES string of the molecule is O=C(Nc1ccc(Cl)cc1C(F)(F)F)C(Cl)(Cl)Cl. The first-order valence-corrected chi connectivity index (χ1v) is 5.78. The third-order valence-corrected chi connectivity index (χ3v) is 2.54. The molecule has 0 unspecified atom stereocenters. The van der Waals surface area contributed by atoms with E-state index in [1.165, 1.54) is 6.07 Å². The Labute approximate surface area is 120 Å². The van der Waals surface area contributed by atoms with Gasteiger partial charge in [0.25, 0.3) is 9.70 Å². The summed E-state index contributed by atoms with van der Waals surface area (Å²) in [5.41, 5.74) is -1.67. The van der Waals surface area contributed by atoms with Crippen molar-refractivity contribution in [2.45, 2.75) is 9.97 Å². The van der Waals surface area contributed by atoms with Crippen LogP contribution in [0, 0.1) is 0 Å². The number of hydrogen-bond acceptors (Lipinski definition) is 1. The Morgan fingerprint density at radius 3 is 2.17 bits per heavy atom. The molecular formula is C9H4Cl4F3NO. The molecule has 0 saturated heterocycles. The zero-order valence-corrected chi connectivity index (χ0v) is 11.3. The minimum atomic E-state index is -4.69. The zero-order valence-electron chi connectivity index (χ0n) is 8.29. The van der Waals surface area contributed by atoms with Crippen LogP contribution in [0.5, 0.6) is 0 Å². The van der Waals surface area contributed by atoms with Gasteiger partial charge >= 0.3 is 6.18 Å². The number of hydrogen-bond donors (Lipinski definition) is 1. The first-order valence-electron chi connectivity index (χ1n) is 4.27. The van der Waals surface area contributed by atoms with Crippen molar-refractivity contribution < 1.29 is 18.0 Å². The molecule has 9 heteroatoms.